The van der Waals surface area contributed by atoms with E-state index in [1.54, 1.807) is 6.92 Å². The fraction of sp³-hybridized carbons (Fsp3) is 0.455. The summed E-state index contributed by atoms with van der Waals surface area (Å²) < 4.78 is 42.5. The van der Waals surface area contributed by atoms with Gasteiger partial charge in [-0.3, -0.25) is 0 Å². The van der Waals surface area contributed by atoms with Crippen LogP contribution in [0.1, 0.15) is 5.56 Å². The topological polar surface area (TPSA) is 46.6 Å². The molecule has 95 valence electrons. The first-order valence-corrected chi connectivity index (χ1v) is 6.65. The van der Waals surface area contributed by atoms with E-state index in [0.29, 0.717) is 5.56 Å². The molecule has 0 amide bonds. The minimum Gasteiger partial charge on any atom is -0.489 e. The van der Waals surface area contributed by atoms with Gasteiger partial charge in [-0.2, -0.15) is 0 Å². The van der Waals surface area contributed by atoms with Gasteiger partial charge in [-0.15, -0.1) is 0 Å². The van der Waals surface area contributed by atoms with Gasteiger partial charge in [0.05, 0.1) is 5.75 Å². The van der Waals surface area contributed by atoms with Crippen molar-refractivity contribution in [2.45, 2.75) is 6.92 Å². The molecule has 0 spiro atoms. The summed E-state index contributed by atoms with van der Waals surface area (Å²) in [6, 6.07) is 5.64. The zero-order valence-corrected chi connectivity index (χ0v) is 10.8. The molecule has 0 aliphatic heterocycles. The highest BCUT2D eigenvalue weighted by Crippen LogP contribution is 2.19. The van der Waals surface area contributed by atoms with Crippen LogP contribution in [-0.4, -0.2) is 39.2 Å². The van der Waals surface area contributed by atoms with Crippen molar-refractivity contribution in [3.8, 4) is 5.75 Å². The average molecular weight is 260 g/mol. The Hall–Kier alpha value is -1.14. The Morgan fingerprint density at radius 1 is 1.47 bits per heavy atom. The maximum Gasteiger partial charge on any atom is 0.216 e. The van der Waals surface area contributed by atoms with Crippen LogP contribution in [0.5, 0.6) is 5.75 Å². The molecule has 1 aromatic rings. The van der Waals surface area contributed by atoms with Crippen LogP contribution in [0.4, 0.5) is 4.39 Å². The molecular weight excluding hydrogens is 245 g/mol. The van der Waals surface area contributed by atoms with Crippen LogP contribution >= 0.6 is 0 Å². The van der Waals surface area contributed by atoms with Crippen molar-refractivity contribution in [1.82, 2.24) is 4.31 Å². The van der Waals surface area contributed by atoms with E-state index in [4.69, 9.17) is 4.74 Å². The molecule has 0 unspecified atom stereocenters. The SMILES string of the molecule is Cc1[c]ccc(OCCS(=O)(=O)N(C)C)c1F. The molecule has 0 saturated carbocycles. The maximum atomic E-state index is 13.5. The number of nitrogens with zero attached hydrogens (tertiary/aromatic N) is 1. The van der Waals surface area contributed by atoms with E-state index >= 15 is 0 Å². The molecule has 1 rings (SSSR count). The van der Waals surface area contributed by atoms with Crippen molar-refractivity contribution in [3.05, 3.63) is 29.6 Å². The molecule has 0 atom stereocenters. The first-order chi connectivity index (χ1) is 7.84. The third-order valence-corrected chi connectivity index (χ3v) is 4.03. The zero-order valence-electron chi connectivity index (χ0n) is 10.0. The van der Waals surface area contributed by atoms with E-state index < -0.39 is 15.8 Å². The van der Waals surface area contributed by atoms with E-state index in [-0.39, 0.29) is 18.1 Å². The number of sulfonamides is 1. The quantitative estimate of drug-likeness (QED) is 0.799. The number of rotatable bonds is 5. The van der Waals surface area contributed by atoms with Gasteiger partial charge in [0.1, 0.15) is 6.61 Å². The van der Waals surface area contributed by atoms with Gasteiger partial charge in [0.2, 0.25) is 10.0 Å². The van der Waals surface area contributed by atoms with Crippen LogP contribution in [0.2, 0.25) is 0 Å². The van der Waals surface area contributed by atoms with E-state index in [0.717, 1.165) is 4.31 Å². The van der Waals surface area contributed by atoms with Crippen molar-refractivity contribution in [1.29, 1.82) is 0 Å². The number of ether oxygens (including phenoxy) is 1. The van der Waals surface area contributed by atoms with E-state index in [9.17, 15) is 12.8 Å². The number of benzene rings is 1. The Labute approximate surface area is 101 Å². The Kier molecular flexibility index (Phi) is 4.47. The lowest BCUT2D eigenvalue weighted by molar-refractivity contribution is 0.319. The highest BCUT2D eigenvalue weighted by molar-refractivity contribution is 7.89. The summed E-state index contributed by atoms with van der Waals surface area (Å²) in [5, 5.41) is 0. The summed E-state index contributed by atoms with van der Waals surface area (Å²) in [4.78, 5) is 0. The van der Waals surface area contributed by atoms with Crippen LogP contribution in [0.15, 0.2) is 12.1 Å². The van der Waals surface area contributed by atoms with Gasteiger partial charge < -0.3 is 4.74 Å². The number of hydrogen-bond donors (Lipinski definition) is 0. The normalized spacial score (nSPS) is 11.8. The second-order valence-corrected chi connectivity index (χ2v) is 6.03. The summed E-state index contributed by atoms with van der Waals surface area (Å²) >= 11 is 0. The van der Waals surface area contributed by atoms with E-state index in [1.165, 1.54) is 26.2 Å². The fourth-order valence-corrected chi connectivity index (χ4v) is 1.77. The Morgan fingerprint density at radius 3 is 2.71 bits per heavy atom. The summed E-state index contributed by atoms with van der Waals surface area (Å²) in [6.07, 6.45) is 0. The van der Waals surface area contributed by atoms with Gasteiger partial charge in [0.25, 0.3) is 0 Å². The lowest BCUT2D eigenvalue weighted by Gasteiger charge is -2.12. The summed E-state index contributed by atoms with van der Waals surface area (Å²) in [7, 11) is -0.429. The third-order valence-electron chi connectivity index (χ3n) is 2.24. The van der Waals surface area contributed by atoms with Gasteiger partial charge in [0, 0.05) is 14.1 Å². The maximum absolute atomic E-state index is 13.5. The predicted molar refractivity (Wildman–Crippen MR) is 62.9 cm³/mol. The van der Waals surface area contributed by atoms with Crippen LogP contribution in [-0.2, 0) is 10.0 Å². The first-order valence-electron chi connectivity index (χ1n) is 5.04. The number of hydrogen-bond acceptors (Lipinski definition) is 3. The lowest BCUT2D eigenvalue weighted by Crippen LogP contribution is -2.28. The average Bonchev–Trinajstić information content (AvgIpc) is 2.24. The second kappa shape index (κ2) is 5.46. The van der Waals surface area contributed by atoms with Crippen LogP contribution in [0.3, 0.4) is 0 Å². The molecule has 0 fully saturated rings. The largest absolute Gasteiger partial charge is 0.489 e. The number of aryl methyl sites for hydroxylation is 1. The van der Waals surface area contributed by atoms with Gasteiger partial charge in [-0.1, -0.05) is 6.07 Å². The number of halogens is 1. The van der Waals surface area contributed by atoms with Crippen molar-refractivity contribution in [2.24, 2.45) is 0 Å². The highest BCUT2D eigenvalue weighted by Gasteiger charge is 2.14. The molecule has 0 aromatic heterocycles. The highest BCUT2D eigenvalue weighted by atomic mass is 32.2. The first kappa shape index (κ1) is 13.9. The van der Waals surface area contributed by atoms with Gasteiger partial charge >= 0.3 is 0 Å². The Bertz CT molecular complexity index is 485. The summed E-state index contributed by atoms with van der Waals surface area (Å²) in [5.41, 5.74) is 0.345. The van der Waals surface area contributed by atoms with Crippen molar-refractivity contribution in [2.75, 3.05) is 26.5 Å². The molecule has 1 aromatic carbocycles. The Balaban J connectivity index is 2.61. The molecule has 0 aliphatic rings. The van der Waals surface area contributed by atoms with Gasteiger partial charge in [-0.05, 0) is 24.6 Å². The molecule has 17 heavy (non-hydrogen) atoms. The summed E-state index contributed by atoms with van der Waals surface area (Å²) in [5.74, 6) is -0.637. The molecule has 0 N–H and O–H groups in total. The van der Waals surface area contributed by atoms with Gasteiger partial charge in [0.15, 0.2) is 11.6 Å². The molecule has 0 heterocycles. The molecule has 4 nitrogen and oxygen atoms in total. The molecule has 6 heteroatoms. The third kappa shape index (κ3) is 3.67. The summed E-state index contributed by atoms with van der Waals surface area (Å²) in [6.45, 7) is 1.49. The van der Waals surface area contributed by atoms with E-state index in [2.05, 4.69) is 6.07 Å². The lowest BCUT2D eigenvalue weighted by atomic mass is 10.2. The Morgan fingerprint density at radius 2 is 2.12 bits per heavy atom. The van der Waals surface area contributed by atoms with Crippen LogP contribution < -0.4 is 4.74 Å². The minimum atomic E-state index is -3.31. The van der Waals surface area contributed by atoms with Crippen molar-refractivity contribution < 1.29 is 17.5 Å². The van der Waals surface area contributed by atoms with Crippen LogP contribution in [0, 0.1) is 18.8 Å². The standard InChI is InChI=1S/C11H15FNO3S/c1-9-5-4-6-10(11(9)12)16-7-8-17(14,15)13(2)3/h4,6H,7-8H2,1-3H3. The zero-order chi connectivity index (χ0) is 13.1. The van der Waals surface area contributed by atoms with Crippen LogP contribution in [0.25, 0.3) is 0 Å². The smallest absolute Gasteiger partial charge is 0.216 e. The van der Waals surface area contributed by atoms with Gasteiger partial charge in [-0.25, -0.2) is 17.1 Å². The molecular formula is C11H15FNO3S. The monoisotopic (exact) mass is 260 g/mol. The predicted octanol–water partition coefficient (Wildman–Crippen LogP) is 1.20. The van der Waals surface area contributed by atoms with Crippen molar-refractivity contribution in [3.63, 3.8) is 0 Å². The van der Waals surface area contributed by atoms with Crippen molar-refractivity contribution >= 4 is 10.0 Å². The fourth-order valence-electron chi connectivity index (χ4n) is 1.11. The second-order valence-electron chi connectivity index (χ2n) is 3.73. The molecule has 1 radical (unpaired) electrons. The molecule has 0 saturated heterocycles. The molecule has 0 aliphatic carbocycles. The van der Waals surface area contributed by atoms with E-state index in [1.807, 2.05) is 0 Å². The molecule has 0 bridgehead atoms. The minimum absolute atomic E-state index is 0.0511.